The molecule has 3 N–H and O–H groups in total. The third-order valence-electron chi connectivity index (χ3n) is 6.37. The van der Waals surface area contributed by atoms with E-state index in [0.29, 0.717) is 16.7 Å². The van der Waals surface area contributed by atoms with Crippen molar-refractivity contribution in [2.45, 2.75) is 38.4 Å². The Hall–Kier alpha value is -3.35. The molecule has 0 spiro atoms. The molecule has 0 saturated heterocycles. The zero-order valence-electron chi connectivity index (χ0n) is 19.5. The van der Waals surface area contributed by atoms with Crippen LogP contribution < -0.4 is 0 Å². The van der Waals surface area contributed by atoms with Crippen LogP contribution in [0.4, 0.5) is 4.39 Å². The van der Waals surface area contributed by atoms with E-state index in [1.807, 2.05) is 18.2 Å². The molecule has 1 aromatic heterocycles. The van der Waals surface area contributed by atoms with Gasteiger partial charge in [-0.2, -0.15) is 0 Å². The maximum atomic E-state index is 13.9. The summed E-state index contributed by atoms with van der Waals surface area (Å²) in [7, 11) is 0. The van der Waals surface area contributed by atoms with Crippen molar-refractivity contribution in [2.24, 2.45) is 11.8 Å². The first-order valence-corrected chi connectivity index (χ1v) is 11.1. The van der Waals surface area contributed by atoms with E-state index in [-0.39, 0.29) is 17.2 Å². The van der Waals surface area contributed by atoms with Gasteiger partial charge in [-0.1, -0.05) is 62.9 Å². The summed E-state index contributed by atoms with van der Waals surface area (Å²) in [5, 5.41) is 34.4. The first kappa shape index (κ1) is 25.3. The molecule has 34 heavy (non-hydrogen) atoms. The number of nitrogens with zero attached hydrogens (tertiary/aromatic N) is 1. The quantitative estimate of drug-likeness (QED) is 0.419. The van der Waals surface area contributed by atoms with Gasteiger partial charge in [0.15, 0.2) is 0 Å². The minimum atomic E-state index is -2.15. The highest BCUT2D eigenvalue weighted by atomic mass is 19.1. The fraction of sp³-hybridized carbons (Fsp3) is 0.286. The second-order valence-electron chi connectivity index (χ2n) is 8.92. The van der Waals surface area contributed by atoms with E-state index < -0.39 is 35.3 Å². The fourth-order valence-electron chi connectivity index (χ4n) is 4.79. The number of carboxylic acid groups (broad SMARTS) is 1. The Labute approximate surface area is 199 Å². The normalized spacial score (nSPS) is 15.9. The highest BCUT2D eigenvalue weighted by Gasteiger charge is 2.55. The molecule has 0 aliphatic carbocycles. The van der Waals surface area contributed by atoms with Crippen molar-refractivity contribution < 1.29 is 24.5 Å². The van der Waals surface area contributed by atoms with Crippen LogP contribution in [0.3, 0.4) is 0 Å². The number of pyridine rings is 1. The maximum absolute atomic E-state index is 13.9. The average Bonchev–Trinajstić information content (AvgIpc) is 2.81. The van der Waals surface area contributed by atoms with Gasteiger partial charge in [0.1, 0.15) is 17.3 Å². The van der Waals surface area contributed by atoms with Crippen molar-refractivity contribution in [3.63, 3.8) is 0 Å². The number of carboxylic acids is 1. The van der Waals surface area contributed by atoms with Gasteiger partial charge in [0.05, 0.1) is 11.8 Å². The van der Waals surface area contributed by atoms with Crippen molar-refractivity contribution in [1.29, 1.82) is 0 Å². The fourth-order valence-corrected chi connectivity index (χ4v) is 4.79. The molecule has 0 aliphatic heterocycles. The van der Waals surface area contributed by atoms with Crippen LogP contribution in [0.2, 0.25) is 0 Å². The van der Waals surface area contributed by atoms with Gasteiger partial charge in [-0.15, -0.1) is 0 Å². The number of halogens is 1. The summed E-state index contributed by atoms with van der Waals surface area (Å²) in [6, 6.07) is 17.7. The summed E-state index contributed by atoms with van der Waals surface area (Å²) >= 11 is 0. The molecular weight excluding hydrogens is 433 g/mol. The summed E-state index contributed by atoms with van der Waals surface area (Å²) in [6.07, 6.45) is 0.170. The molecular formula is C28H30FNO4. The van der Waals surface area contributed by atoms with Crippen molar-refractivity contribution in [2.75, 3.05) is 0 Å². The lowest BCUT2D eigenvalue weighted by atomic mass is 9.64. The Balaban J connectivity index is 2.27. The summed E-state index contributed by atoms with van der Waals surface area (Å²) < 4.78 is 13.9. The van der Waals surface area contributed by atoms with Crippen LogP contribution in [0.25, 0.3) is 5.57 Å². The van der Waals surface area contributed by atoms with Crippen molar-refractivity contribution in [3.8, 4) is 0 Å². The number of hydrogen-bond acceptors (Lipinski definition) is 4. The van der Waals surface area contributed by atoms with E-state index in [2.05, 4.69) is 11.6 Å². The molecule has 3 aromatic rings. The SMILES string of the molecule is C=C(c1ccccc1)C(O)C(C(C)C)C(O)(c1ccccn1)C(C(=O)O)c1ccc(F)cc1C. The Kier molecular flexibility index (Phi) is 7.64. The third-order valence-corrected chi connectivity index (χ3v) is 6.37. The molecule has 0 radical (unpaired) electrons. The lowest BCUT2D eigenvalue weighted by Gasteiger charge is -2.45. The number of aliphatic hydroxyl groups is 2. The van der Waals surface area contributed by atoms with Gasteiger partial charge in [-0.3, -0.25) is 9.78 Å². The smallest absolute Gasteiger partial charge is 0.314 e. The summed E-state index contributed by atoms with van der Waals surface area (Å²) in [5.41, 5.74) is -0.404. The minimum Gasteiger partial charge on any atom is -0.481 e. The van der Waals surface area contributed by atoms with Gasteiger partial charge in [-0.25, -0.2) is 4.39 Å². The first-order chi connectivity index (χ1) is 16.1. The molecule has 1 heterocycles. The second-order valence-corrected chi connectivity index (χ2v) is 8.92. The van der Waals surface area contributed by atoms with Crippen LogP contribution in [0.5, 0.6) is 0 Å². The topological polar surface area (TPSA) is 90.7 Å². The van der Waals surface area contributed by atoms with Crippen LogP contribution in [0.1, 0.15) is 42.1 Å². The summed E-state index contributed by atoms with van der Waals surface area (Å²) in [6.45, 7) is 9.26. The lowest BCUT2D eigenvalue weighted by molar-refractivity contribution is -0.157. The molecule has 0 fully saturated rings. The number of carbonyl (C=O) groups is 1. The van der Waals surface area contributed by atoms with Gasteiger partial charge >= 0.3 is 5.97 Å². The molecule has 2 aromatic carbocycles. The monoisotopic (exact) mass is 463 g/mol. The highest BCUT2D eigenvalue weighted by Crippen LogP contribution is 2.49. The zero-order valence-corrected chi connectivity index (χ0v) is 19.5. The number of aliphatic hydroxyl groups excluding tert-OH is 1. The minimum absolute atomic E-state index is 0.102. The van der Waals surface area contributed by atoms with Gasteiger partial charge in [0, 0.05) is 12.1 Å². The van der Waals surface area contributed by atoms with E-state index >= 15 is 0 Å². The van der Waals surface area contributed by atoms with Gasteiger partial charge in [0.2, 0.25) is 0 Å². The highest BCUT2D eigenvalue weighted by molar-refractivity contribution is 5.79. The number of rotatable bonds is 9. The van der Waals surface area contributed by atoms with Crippen LogP contribution in [0.15, 0.2) is 79.5 Å². The Morgan fingerprint density at radius 1 is 1.06 bits per heavy atom. The standard InChI is InChI=1S/C28H30FNO4/c1-17(2)24(26(31)19(4)20-10-6-5-7-11-20)28(34,23-12-8-9-15-30-23)25(27(32)33)22-14-13-21(29)16-18(22)3/h5-17,24-26,31,34H,4H2,1-3H3,(H,32,33). The first-order valence-electron chi connectivity index (χ1n) is 11.1. The molecule has 5 nitrogen and oxygen atoms in total. The van der Waals surface area contributed by atoms with E-state index in [1.165, 1.54) is 24.4 Å². The molecule has 4 atom stereocenters. The van der Waals surface area contributed by atoms with Crippen LogP contribution >= 0.6 is 0 Å². The number of aryl methyl sites for hydroxylation is 1. The largest absolute Gasteiger partial charge is 0.481 e. The Bertz CT molecular complexity index is 1150. The Morgan fingerprint density at radius 2 is 1.71 bits per heavy atom. The predicted molar refractivity (Wildman–Crippen MR) is 129 cm³/mol. The van der Waals surface area contributed by atoms with Gasteiger partial charge < -0.3 is 15.3 Å². The third kappa shape index (κ3) is 4.79. The maximum Gasteiger partial charge on any atom is 0.314 e. The second kappa shape index (κ2) is 10.3. The van der Waals surface area contributed by atoms with Crippen LogP contribution in [-0.2, 0) is 10.4 Å². The average molecular weight is 464 g/mol. The van der Waals surface area contributed by atoms with Crippen LogP contribution in [-0.4, -0.2) is 32.4 Å². The molecule has 0 amide bonds. The number of aliphatic carboxylic acids is 1. The molecule has 3 rings (SSSR count). The lowest BCUT2D eigenvalue weighted by Crippen LogP contribution is -2.52. The van der Waals surface area contributed by atoms with Crippen LogP contribution in [0, 0.1) is 24.6 Å². The summed E-state index contributed by atoms with van der Waals surface area (Å²) in [4.78, 5) is 17.1. The van der Waals surface area contributed by atoms with Crippen molar-refractivity contribution in [1.82, 2.24) is 4.98 Å². The molecule has 6 heteroatoms. The number of benzene rings is 2. The predicted octanol–water partition coefficient (Wildman–Crippen LogP) is 4.93. The molecule has 4 unspecified atom stereocenters. The van der Waals surface area contributed by atoms with Gasteiger partial charge in [-0.05, 0) is 59.4 Å². The molecule has 0 saturated carbocycles. The zero-order chi connectivity index (χ0) is 25.0. The molecule has 0 aliphatic rings. The number of aromatic nitrogens is 1. The van der Waals surface area contributed by atoms with E-state index in [4.69, 9.17) is 0 Å². The van der Waals surface area contributed by atoms with E-state index in [0.717, 1.165) is 0 Å². The van der Waals surface area contributed by atoms with Crippen molar-refractivity contribution >= 4 is 11.5 Å². The Morgan fingerprint density at radius 3 is 2.24 bits per heavy atom. The van der Waals surface area contributed by atoms with E-state index in [1.54, 1.807) is 51.1 Å². The van der Waals surface area contributed by atoms with Gasteiger partial charge in [0.25, 0.3) is 0 Å². The summed E-state index contributed by atoms with van der Waals surface area (Å²) in [5.74, 6) is -4.75. The van der Waals surface area contributed by atoms with Crippen molar-refractivity contribution in [3.05, 3.63) is 108 Å². The molecule has 0 bridgehead atoms. The number of hydrogen-bond donors (Lipinski definition) is 3. The van der Waals surface area contributed by atoms with E-state index in [9.17, 15) is 24.5 Å². The molecule has 178 valence electrons.